The lowest BCUT2D eigenvalue weighted by molar-refractivity contribution is 0.606. The van der Waals surface area contributed by atoms with Crippen molar-refractivity contribution in [3.63, 3.8) is 0 Å². The molecule has 11 rings (SSSR count). The van der Waals surface area contributed by atoms with Crippen LogP contribution in [0.2, 0.25) is 0 Å². The second-order valence-corrected chi connectivity index (χ2v) is 14.6. The third-order valence-electron chi connectivity index (χ3n) is 12.2. The van der Waals surface area contributed by atoms with Crippen molar-refractivity contribution in [3.8, 4) is 11.1 Å². The lowest BCUT2D eigenvalue weighted by Gasteiger charge is -2.50. The first-order valence-corrected chi connectivity index (χ1v) is 18.7. The highest BCUT2D eigenvalue weighted by molar-refractivity contribution is 6.13. The standard InChI is InChI=1S/C51H36N2/c1-3-17-34(18-4-1)49(35-19-5-2-6-20-35)53-52-36-31-32-47-48(33-36)51(43-27-13-9-23-39(43)40-24-10-14-28-44(40)51)46-30-16-15-29-45(46)50(47)41-25-11-7-21-37(41)38-22-8-12-26-42(38)50/h1-13,15-27,29-33,52H,14,28H2. The number of hydrogen-bond acceptors (Lipinski definition) is 2. The number of hydrogen-bond donors (Lipinski definition) is 1. The third-order valence-corrected chi connectivity index (χ3v) is 12.2. The van der Waals surface area contributed by atoms with Crippen molar-refractivity contribution in [2.75, 3.05) is 5.43 Å². The predicted octanol–water partition coefficient (Wildman–Crippen LogP) is 11.7. The van der Waals surface area contributed by atoms with Crippen LogP contribution < -0.4 is 5.43 Å². The van der Waals surface area contributed by atoms with Crippen molar-refractivity contribution in [2.24, 2.45) is 5.10 Å². The van der Waals surface area contributed by atoms with Crippen LogP contribution in [0.3, 0.4) is 0 Å². The Morgan fingerprint density at radius 1 is 0.453 bits per heavy atom. The Labute approximate surface area is 310 Å². The van der Waals surface area contributed by atoms with E-state index in [0.717, 1.165) is 35.4 Å². The number of fused-ring (bicyclic) bond motifs is 15. The van der Waals surface area contributed by atoms with Crippen molar-refractivity contribution in [3.05, 3.63) is 249 Å². The number of rotatable bonds is 4. The van der Waals surface area contributed by atoms with Gasteiger partial charge in [0.2, 0.25) is 0 Å². The van der Waals surface area contributed by atoms with Gasteiger partial charge in [-0.05, 0) is 91.8 Å². The average molecular weight is 677 g/mol. The molecule has 1 atom stereocenters. The Hall–Kier alpha value is -6.51. The highest BCUT2D eigenvalue weighted by atomic mass is 15.3. The topological polar surface area (TPSA) is 24.4 Å². The summed E-state index contributed by atoms with van der Waals surface area (Å²) < 4.78 is 0. The van der Waals surface area contributed by atoms with Crippen molar-refractivity contribution in [1.29, 1.82) is 0 Å². The van der Waals surface area contributed by atoms with Crippen LogP contribution >= 0.6 is 0 Å². The molecule has 250 valence electrons. The normalized spacial score (nSPS) is 17.7. The second kappa shape index (κ2) is 11.5. The molecule has 7 aromatic rings. The van der Waals surface area contributed by atoms with Gasteiger partial charge in [0.1, 0.15) is 0 Å². The molecule has 4 aliphatic rings. The zero-order valence-electron chi connectivity index (χ0n) is 29.3. The Balaban J connectivity index is 1.23. The summed E-state index contributed by atoms with van der Waals surface area (Å²) in [5.74, 6) is 0. The zero-order valence-corrected chi connectivity index (χ0v) is 29.3. The van der Waals surface area contributed by atoms with Crippen molar-refractivity contribution in [1.82, 2.24) is 0 Å². The summed E-state index contributed by atoms with van der Waals surface area (Å²) in [6, 6.07) is 64.7. The maximum atomic E-state index is 5.17. The molecule has 0 saturated carbocycles. The van der Waals surface area contributed by atoms with Crippen LogP contribution in [0.25, 0.3) is 16.7 Å². The molecule has 1 unspecified atom stereocenters. The molecule has 2 spiro atoms. The third kappa shape index (κ3) is 4.01. The zero-order chi connectivity index (χ0) is 35.0. The number of nitrogens with one attached hydrogen (secondary N) is 1. The smallest absolute Gasteiger partial charge is 0.0977 e. The molecule has 1 N–H and O–H groups in total. The minimum atomic E-state index is -0.478. The molecule has 0 saturated heterocycles. The molecule has 0 bridgehead atoms. The van der Waals surface area contributed by atoms with Gasteiger partial charge in [0.05, 0.1) is 22.2 Å². The fourth-order valence-electron chi connectivity index (χ4n) is 10.2. The van der Waals surface area contributed by atoms with Gasteiger partial charge in [-0.3, -0.25) is 5.43 Å². The summed E-state index contributed by atoms with van der Waals surface area (Å²) in [7, 11) is 0. The average Bonchev–Trinajstić information content (AvgIpc) is 3.70. The number of benzene rings is 7. The van der Waals surface area contributed by atoms with Crippen LogP contribution in [0.1, 0.15) is 68.5 Å². The highest BCUT2D eigenvalue weighted by Gasteiger charge is 2.59. The quantitative estimate of drug-likeness (QED) is 0.146. The van der Waals surface area contributed by atoms with Crippen LogP contribution in [-0.4, -0.2) is 5.71 Å². The summed E-state index contributed by atoms with van der Waals surface area (Å²) >= 11 is 0. The lowest BCUT2D eigenvalue weighted by Crippen LogP contribution is -2.44. The van der Waals surface area contributed by atoms with Crippen molar-refractivity contribution in [2.45, 2.75) is 23.7 Å². The molecule has 2 nitrogen and oxygen atoms in total. The van der Waals surface area contributed by atoms with Gasteiger partial charge in [0, 0.05) is 11.1 Å². The van der Waals surface area contributed by atoms with E-state index < -0.39 is 10.8 Å². The molecule has 2 heteroatoms. The minimum Gasteiger partial charge on any atom is -0.278 e. The van der Waals surface area contributed by atoms with Gasteiger partial charge in [-0.15, -0.1) is 0 Å². The molecule has 0 aliphatic heterocycles. The Bertz CT molecular complexity index is 2610. The summed E-state index contributed by atoms with van der Waals surface area (Å²) in [5.41, 5.74) is 23.0. The summed E-state index contributed by atoms with van der Waals surface area (Å²) in [6.07, 6.45) is 6.79. The van der Waals surface area contributed by atoms with Crippen molar-refractivity contribution < 1.29 is 0 Å². The molecule has 0 amide bonds. The first kappa shape index (κ1) is 30.1. The van der Waals surface area contributed by atoms with Gasteiger partial charge >= 0.3 is 0 Å². The van der Waals surface area contributed by atoms with Gasteiger partial charge < -0.3 is 0 Å². The molecule has 0 aromatic heterocycles. The fraction of sp³-hybridized carbons (Fsp3) is 0.0784. The second-order valence-electron chi connectivity index (χ2n) is 14.6. The van der Waals surface area contributed by atoms with Gasteiger partial charge in [-0.2, -0.15) is 5.10 Å². The molecule has 0 radical (unpaired) electrons. The van der Waals surface area contributed by atoms with E-state index in [-0.39, 0.29) is 0 Å². The van der Waals surface area contributed by atoms with E-state index in [1.165, 1.54) is 66.8 Å². The van der Waals surface area contributed by atoms with Crippen LogP contribution in [0.4, 0.5) is 5.69 Å². The van der Waals surface area contributed by atoms with E-state index in [0.29, 0.717) is 0 Å². The van der Waals surface area contributed by atoms with Crippen LogP contribution in [0.5, 0.6) is 0 Å². The number of anilines is 1. The Morgan fingerprint density at radius 3 is 1.57 bits per heavy atom. The largest absolute Gasteiger partial charge is 0.278 e. The summed E-state index contributed by atoms with van der Waals surface area (Å²) in [4.78, 5) is 0. The van der Waals surface area contributed by atoms with Crippen LogP contribution in [0.15, 0.2) is 199 Å². The molecular weight excluding hydrogens is 641 g/mol. The maximum absolute atomic E-state index is 5.17. The monoisotopic (exact) mass is 676 g/mol. The molecule has 0 fully saturated rings. The van der Waals surface area contributed by atoms with Gasteiger partial charge in [0.25, 0.3) is 0 Å². The maximum Gasteiger partial charge on any atom is 0.0977 e. The van der Waals surface area contributed by atoms with Crippen LogP contribution in [0, 0.1) is 0 Å². The van der Waals surface area contributed by atoms with E-state index in [2.05, 4.69) is 194 Å². The summed E-state index contributed by atoms with van der Waals surface area (Å²) in [6.45, 7) is 0. The first-order valence-electron chi connectivity index (χ1n) is 18.7. The minimum absolute atomic E-state index is 0.455. The van der Waals surface area contributed by atoms with Gasteiger partial charge in [0.15, 0.2) is 0 Å². The van der Waals surface area contributed by atoms with E-state index >= 15 is 0 Å². The van der Waals surface area contributed by atoms with E-state index in [1.807, 2.05) is 0 Å². The molecule has 4 aliphatic carbocycles. The number of allylic oxidation sites excluding steroid dienone is 4. The SMILES string of the molecule is C1=CC2=C(CC1)C1(c3ccccc32)c2ccccc2C2(c3ccccc3-c3ccccc32)c2ccc(NN=C(c3ccccc3)c3ccccc3)cc21. The fourth-order valence-corrected chi connectivity index (χ4v) is 10.2. The van der Waals surface area contributed by atoms with Crippen LogP contribution in [-0.2, 0) is 10.8 Å². The molecule has 0 heterocycles. The lowest BCUT2D eigenvalue weighted by atomic mass is 9.51. The van der Waals surface area contributed by atoms with Crippen molar-refractivity contribution >= 4 is 17.0 Å². The van der Waals surface area contributed by atoms with Gasteiger partial charge in [-0.1, -0.05) is 176 Å². The number of nitrogens with zero attached hydrogens (tertiary/aromatic N) is 1. The Morgan fingerprint density at radius 2 is 0.943 bits per heavy atom. The number of hydrazone groups is 1. The first-order chi connectivity index (χ1) is 26.3. The van der Waals surface area contributed by atoms with E-state index in [9.17, 15) is 0 Å². The molecule has 7 aromatic carbocycles. The predicted molar refractivity (Wildman–Crippen MR) is 218 cm³/mol. The molecular formula is C51H36N2. The Kier molecular flexibility index (Phi) is 6.54. The van der Waals surface area contributed by atoms with Gasteiger partial charge in [-0.25, -0.2) is 0 Å². The van der Waals surface area contributed by atoms with E-state index in [4.69, 9.17) is 5.10 Å². The van der Waals surface area contributed by atoms with E-state index in [1.54, 1.807) is 0 Å². The highest BCUT2D eigenvalue weighted by Crippen LogP contribution is 2.67. The molecule has 53 heavy (non-hydrogen) atoms. The summed E-state index contributed by atoms with van der Waals surface area (Å²) in [5, 5.41) is 5.17.